The van der Waals surface area contributed by atoms with Crippen LogP contribution in [0.4, 0.5) is 11.4 Å². The molecule has 230 valence electrons. The standard InChI is InChI=1S/C38H46N4O2/c1-3-22-17-41-12-11-38-30-14-23(8-9-32(30)40-35(38)27(19-43)24(22)15-33(38)41)21(2)26-18-42-13-10-37-29-6-4-5-7-31(29)39-36(37)28(20-44)25(26)16-34(37)42/h3-9,14,18,21,24-25,27-28,33-36,39-40,43-44H,10-13,15-17,19-20H2,1-2H3/b22-3-/t21-,24+,25+,27-,28-,33+,34+,35+,36+,37-,38-/m1/s1. The molecule has 6 nitrogen and oxygen atoms in total. The quantitative estimate of drug-likeness (QED) is 0.383. The topological polar surface area (TPSA) is 71.0 Å². The van der Waals surface area contributed by atoms with E-state index in [0.29, 0.717) is 23.9 Å². The first-order chi connectivity index (χ1) is 21.5. The first-order valence-electron chi connectivity index (χ1n) is 17.4. The van der Waals surface area contributed by atoms with Crippen LogP contribution in [0.25, 0.3) is 0 Å². The molecule has 0 unspecified atom stereocenters. The van der Waals surface area contributed by atoms with Crippen LogP contribution in [0, 0.1) is 23.7 Å². The number of allylic oxidation sites excluding steroid dienone is 2. The fraction of sp³-hybridized carbons (Fsp3) is 0.579. The molecule has 6 aliphatic heterocycles. The van der Waals surface area contributed by atoms with Gasteiger partial charge >= 0.3 is 0 Å². The molecule has 44 heavy (non-hydrogen) atoms. The summed E-state index contributed by atoms with van der Waals surface area (Å²) in [5.41, 5.74) is 10.2. The minimum Gasteiger partial charge on any atom is -0.396 e. The van der Waals surface area contributed by atoms with Crippen LogP contribution in [0.3, 0.4) is 0 Å². The average Bonchev–Trinajstić information content (AvgIpc) is 3.82. The molecule has 6 heterocycles. The number of piperidine rings is 1. The molecule has 11 atom stereocenters. The van der Waals surface area contributed by atoms with Gasteiger partial charge in [0.25, 0.3) is 0 Å². The van der Waals surface area contributed by atoms with Gasteiger partial charge in [-0.3, -0.25) is 4.90 Å². The molecule has 5 fully saturated rings. The second-order valence-electron chi connectivity index (χ2n) is 15.5. The third kappa shape index (κ3) is 2.95. The average molecular weight is 591 g/mol. The van der Waals surface area contributed by atoms with Crippen LogP contribution in [-0.2, 0) is 10.8 Å². The molecular weight excluding hydrogens is 544 g/mol. The minimum absolute atomic E-state index is 0.0762. The van der Waals surface area contributed by atoms with Crippen molar-refractivity contribution in [3.63, 3.8) is 0 Å². The van der Waals surface area contributed by atoms with Gasteiger partial charge in [-0.1, -0.05) is 48.9 Å². The Labute approximate surface area is 261 Å². The van der Waals surface area contributed by atoms with Crippen LogP contribution in [0.2, 0.25) is 0 Å². The molecule has 3 saturated heterocycles. The molecular formula is C38H46N4O2. The van der Waals surface area contributed by atoms with Crippen molar-refractivity contribution >= 4 is 11.4 Å². The minimum atomic E-state index is 0.0762. The molecule has 0 aromatic heterocycles. The van der Waals surface area contributed by atoms with E-state index in [1.165, 1.54) is 52.1 Å². The van der Waals surface area contributed by atoms with Crippen molar-refractivity contribution in [2.75, 3.05) is 43.5 Å². The van der Waals surface area contributed by atoms with Gasteiger partial charge in [0.1, 0.15) is 0 Å². The Bertz CT molecular complexity index is 1620. The highest BCUT2D eigenvalue weighted by atomic mass is 16.3. The Morgan fingerprint density at radius 2 is 1.59 bits per heavy atom. The van der Waals surface area contributed by atoms with Gasteiger partial charge < -0.3 is 25.7 Å². The van der Waals surface area contributed by atoms with Gasteiger partial charge in [0.15, 0.2) is 0 Å². The molecule has 2 saturated carbocycles. The molecule has 10 rings (SSSR count). The molecule has 4 N–H and O–H groups in total. The Morgan fingerprint density at radius 3 is 2.39 bits per heavy atom. The van der Waals surface area contributed by atoms with Crippen molar-refractivity contribution in [1.29, 1.82) is 0 Å². The zero-order chi connectivity index (χ0) is 29.5. The molecule has 2 aliphatic carbocycles. The van der Waals surface area contributed by atoms with E-state index in [2.05, 4.69) is 89.0 Å². The van der Waals surface area contributed by atoms with E-state index < -0.39 is 0 Å². The number of nitrogens with one attached hydrogen (secondary N) is 2. The van der Waals surface area contributed by atoms with Gasteiger partial charge in [-0.2, -0.15) is 0 Å². The largest absolute Gasteiger partial charge is 0.396 e. The highest BCUT2D eigenvalue weighted by molar-refractivity contribution is 5.67. The van der Waals surface area contributed by atoms with Crippen LogP contribution < -0.4 is 10.6 Å². The van der Waals surface area contributed by atoms with Gasteiger partial charge in [0.2, 0.25) is 0 Å². The van der Waals surface area contributed by atoms with Gasteiger partial charge in [-0.15, -0.1) is 0 Å². The number of hydrogen-bond acceptors (Lipinski definition) is 6. The Balaban J connectivity index is 1.03. The Hall–Kier alpha value is -2.80. The lowest BCUT2D eigenvalue weighted by Crippen LogP contribution is -2.62. The number of rotatable bonds is 4. The number of anilines is 2. The van der Waals surface area contributed by atoms with Gasteiger partial charge in [-0.25, -0.2) is 0 Å². The third-order valence-electron chi connectivity index (χ3n) is 14.6. The van der Waals surface area contributed by atoms with E-state index in [0.717, 1.165) is 32.5 Å². The molecule has 6 heteroatoms. The lowest BCUT2D eigenvalue weighted by Gasteiger charge is -2.55. The van der Waals surface area contributed by atoms with Crippen molar-refractivity contribution in [3.8, 4) is 0 Å². The van der Waals surface area contributed by atoms with E-state index >= 15 is 0 Å². The zero-order valence-electron chi connectivity index (χ0n) is 26.0. The van der Waals surface area contributed by atoms with Crippen molar-refractivity contribution in [2.24, 2.45) is 23.7 Å². The first-order valence-corrected chi connectivity index (χ1v) is 17.4. The van der Waals surface area contributed by atoms with Crippen molar-refractivity contribution in [3.05, 3.63) is 82.6 Å². The number of aliphatic hydroxyl groups excluding tert-OH is 2. The van der Waals surface area contributed by atoms with E-state index in [-0.39, 0.29) is 53.9 Å². The maximum Gasteiger partial charge on any atom is 0.0484 e. The van der Waals surface area contributed by atoms with Crippen LogP contribution in [0.15, 0.2) is 65.9 Å². The second-order valence-corrected chi connectivity index (χ2v) is 15.5. The highest BCUT2D eigenvalue weighted by Gasteiger charge is 2.66. The fourth-order valence-corrected chi connectivity index (χ4v) is 12.7. The first kappa shape index (κ1) is 26.4. The lowest BCUT2D eigenvalue weighted by atomic mass is 9.55. The summed E-state index contributed by atoms with van der Waals surface area (Å²) in [6, 6.07) is 17.9. The van der Waals surface area contributed by atoms with Crippen LogP contribution in [-0.4, -0.2) is 77.0 Å². The summed E-state index contributed by atoms with van der Waals surface area (Å²) in [5.74, 6) is 1.61. The molecule has 2 spiro atoms. The van der Waals surface area contributed by atoms with E-state index in [1.807, 2.05) is 0 Å². The summed E-state index contributed by atoms with van der Waals surface area (Å²) in [6.45, 7) is 8.38. The number of benzene rings is 2. The number of fused-ring (bicyclic) bond motifs is 4. The number of para-hydroxylation sites is 1. The Kier molecular flexibility index (Phi) is 5.36. The highest BCUT2D eigenvalue weighted by Crippen LogP contribution is 2.64. The second kappa shape index (κ2) is 8.92. The van der Waals surface area contributed by atoms with Crippen LogP contribution >= 0.6 is 0 Å². The summed E-state index contributed by atoms with van der Waals surface area (Å²) >= 11 is 0. The maximum absolute atomic E-state index is 11.0. The maximum atomic E-state index is 11.0. The van der Waals surface area contributed by atoms with Gasteiger partial charge in [-0.05, 0) is 91.6 Å². The monoisotopic (exact) mass is 590 g/mol. The molecule has 2 aromatic carbocycles. The van der Waals surface area contributed by atoms with Crippen LogP contribution in [0.5, 0.6) is 0 Å². The van der Waals surface area contributed by atoms with E-state index in [4.69, 9.17) is 0 Å². The van der Waals surface area contributed by atoms with E-state index in [1.54, 1.807) is 0 Å². The normalized spacial score (nSPS) is 43.5. The molecule has 0 amide bonds. The number of hydrogen-bond donors (Lipinski definition) is 4. The summed E-state index contributed by atoms with van der Waals surface area (Å²) in [6.07, 6.45) is 9.49. The van der Waals surface area contributed by atoms with E-state index in [9.17, 15) is 10.2 Å². The summed E-state index contributed by atoms with van der Waals surface area (Å²) in [4.78, 5) is 5.43. The lowest BCUT2D eigenvalue weighted by molar-refractivity contribution is 0.0298. The molecule has 0 radical (unpaired) electrons. The SMILES string of the molecule is C/C=C1/CN2CC[C@]34c5cc([C@@H](C)C6=CN7CC[C@]89c%10ccccc%10N[C@H]8[C@H](CO)[C@H]6C[C@H]79)ccc5N[C@H]3[C@H](CO)[C@H]1C[C@H]24. The van der Waals surface area contributed by atoms with Crippen molar-refractivity contribution in [1.82, 2.24) is 9.80 Å². The summed E-state index contributed by atoms with van der Waals surface area (Å²) < 4.78 is 0. The van der Waals surface area contributed by atoms with Crippen molar-refractivity contribution < 1.29 is 10.2 Å². The third-order valence-corrected chi connectivity index (χ3v) is 14.6. The predicted octanol–water partition coefficient (Wildman–Crippen LogP) is 4.82. The van der Waals surface area contributed by atoms with Crippen LogP contribution in [0.1, 0.15) is 62.1 Å². The zero-order valence-corrected chi connectivity index (χ0v) is 26.0. The molecule has 2 aromatic rings. The summed E-state index contributed by atoms with van der Waals surface area (Å²) in [5, 5.41) is 29.7. The Morgan fingerprint density at radius 1 is 0.886 bits per heavy atom. The fourth-order valence-electron chi connectivity index (χ4n) is 12.7. The van der Waals surface area contributed by atoms with Gasteiger partial charge in [0.05, 0.1) is 0 Å². The number of nitrogens with zero attached hydrogens (tertiary/aromatic N) is 2. The van der Waals surface area contributed by atoms with Crippen molar-refractivity contribution in [2.45, 2.75) is 80.4 Å². The molecule has 8 aliphatic rings. The number of aliphatic hydroxyl groups is 2. The molecule has 4 bridgehead atoms. The predicted molar refractivity (Wildman–Crippen MR) is 174 cm³/mol. The summed E-state index contributed by atoms with van der Waals surface area (Å²) in [7, 11) is 0. The smallest absolute Gasteiger partial charge is 0.0484 e. The van der Waals surface area contributed by atoms with Gasteiger partial charge in [0, 0.05) is 90.4 Å².